The summed E-state index contributed by atoms with van der Waals surface area (Å²) in [6, 6.07) is 4.31. The summed E-state index contributed by atoms with van der Waals surface area (Å²) in [5, 5.41) is 8.65. The fourth-order valence-electron chi connectivity index (χ4n) is 2.12. The number of nitrogens with one attached hydrogen (secondary N) is 2. The zero-order valence-electron chi connectivity index (χ0n) is 14.3. The third-order valence-electron chi connectivity index (χ3n) is 3.19. The second kappa shape index (κ2) is 7.68. The molecule has 0 radical (unpaired) electrons. The van der Waals surface area contributed by atoms with Crippen molar-refractivity contribution >= 4 is 23.4 Å². The van der Waals surface area contributed by atoms with Gasteiger partial charge in [-0.2, -0.15) is 0 Å². The molecule has 1 amide bonds. The van der Waals surface area contributed by atoms with Crippen LogP contribution < -0.4 is 10.6 Å². The van der Waals surface area contributed by atoms with Crippen molar-refractivity contribution in [3.8, 4) is 0 Å². The number of rotatable bonds is 4. The molecule has 1 aromatic rings. The lowest BCUT2D eigenvalue weighted by Crippen LogP contribution is -2.63. The van der Waals surface area contributed by atoms with E-state index < -0.39 is 5.60 Å². The summed E-state index contributed by atoms with van der Waals surface area (Å²) in [5.41, 5.74) is -0.452. The van der Waals surface area contributed by atoms with Gasteiger partial charge < -0.3 is 20.3 Å². The summed E-state index contributed by atoms with van der Waals surface area (Å²) in [4.78, 5) is 19.4. The minimum Gasteiger partial charge on any atom is -0.444 e. The molecule has 0 bridgehead atoms. The van der Waals surface area contributed by atoms with E-state index in [1.165, 1.54) is 4.88 Å². The van der Waals surface area contributed by atoms with Crippen molar-refractivity contribution in [3.05, 3.63) is 22.4 Å². The van der Waals surface area contributed by atoms with Crippen LogP contribution in [0.15, 0.2) is 22.5 Å². The predicted octanol–water partition coefficient (Wildman–Crippen LogP) is 2.42. The monoisotopic (exact) mass is 338 g/mol. The zero-order chi connectivity index (χ0) is 16.9. The van der Waals surface area contributed by atoms with Crippen LogP contribution in [0.25, 0.3) is 0 Å². The highest BCUT2D eigenvalue weighted by Crippen LogP contribution is 2.15. The Kier molecular flexibility index (Phi) is 5.87. The largest absolute Gasteiger partial charge is 0.444 e. The molecule has 1 fully saturated rings. The topological polar surface area (TPSA) is 66.0 Å². The first-order valence-corrected chi connectivity index (χ1v) is 8.80. The quantitative estimate of drug-likeness (QED) is 0.654. The van der Waals surface area contributed by atoms with Gasteiger partial charge in [0, 0.05) is 24.5 Å². The van der Waals surface area contributed by atoms with Crippen LogP contribution in [-0.4, -0.2) is 48.2 Å². The van der Waals surface area contributed by atoms with Crippen LogP contribution in [0, 0.1) is 0 Å². The molecule has 0 spiro atoms. The number of ether oxygens (including phenoxy) is 1. The van der Waals surface area contributed by atoms with E-state index in [0.717, 1.165) is 12.5 Å². The number of guanidine groups is 1. The second-order valence-corrected chi connectivity index (χ2v) is 7.53. The Balaban J connectivity index is 1.79. The molecule has 1 aliphatic rings. The summed E-state index contributed by atoms with van der Waals surface area (Å²) in [6.45, 7) is 10.4. The van der Waals surface area contributed by atoms with Crippen molar-refractivity contribution < 1.29 is 9.53 Å². The first-order valence-electron chi connectivity index (χ1n) is 7.92. The molecule has 0 aromatic carbocycles. The maximum absolute atomic E-state index is 11.9. The highest BCUT2D eigenvalue weighted by atomic mass is 32.1. The van der Waals surface area contributed by atoms with E-state index in [4.69, 9.17) is 4.74 Å². The average Bonchev–Trinajstić information content (AvgIpc) is 2.90. The first kappa shape index (κ1) is 17.6. The molecular weight excluding hydrogens is 312 g/mol. The lowest BCUT2D eigenvalue weighted by atomic mass is 10.1. The molecule has 6 nitrogen and oxygen atoms in total. The molecule has 2 N–H and O–H groups in total. The number of nitrogens with zero attached hydrogens (tertiary/aromatic N) is 2. The van der Waals surface area contributed by atoms with Crippen molar-refractivity contribution in [1.29, 1.82) is 0 Å². The maximum atomic E-state index is 11.9. The normalized spacial score (nSPS) is 16.0. The lowest BCUT2D eigenvalue weighted by molar-refractivity contribution is 0.00701. The van der Waals surface area contributed by atoms with Crippen LogP contribution >= 0.6 is 11.3 Å². The van der Waals surface area contributed by atoms with Crippen LogP contribution in [0.2, 0.25) is 0 Å². The fraction of sp³-hybridized carbons (Fsp3) is 0.625. The number of aliphatic imine (C=N–C) groups is 1. The van der Waals surface area contributed by atoms with Crippen LogP contribution in [0.5, 0.6) is 0 Å². The Labute approximate surface area is 141 Å². The van der Waals surface area contributed by atoms with Crippen molar-refractivity contribution in [2.45, 2.75) is 45.9 Å². The van der Waals surface area contributed by atoms with Crippen LogP contribution in [0.3, 0.4) is 0 Å². The van der Waals surface area contributed by atoms with Gasteiger partial charge in [0.25, 0.3) is 0 Å². The minimum atomic E-state index is -0.452. The molecule has 0 atom stereocenters. The Bertz CT molecular complexity index is 531. The van der Waals surface area contributed by atoms with Crippen LogP contribution in [0.1, 0.15) is 32.6 Å². The average molecular weight is 338 g/mol. The lowest BCUT2D eigenvalue weighted by Gasteiger charge is -2.40. The SMILES string of the molecule is CCNC(=NCc1cccs1)NC1CN(C(=O)OC(C)(C)C)C1. The van der Waals surface area contributed by atoms with E-state index in [2.05, 4.69) is 27.1 Å². The predicted molar refractivity (Wildman–Crippen MR) is 93.9 cm³/mol. The van der Waals surface area contributed by atoms with Gasteiger partial charge in [-0.1, -0.05) is 6.07 Å². The molecule has 1 aromatic heterocycles. The van der Waals surface area contributed by atoms with E-state index in [1.807, 2.05) is 33.8 Å². The Hall–Kier alpha value is -1.76. The number of likely N-dealkylation sites (tertiary alicyclic amines) is 1. The van der Waals surface area contributed by atoms with E-state index >= 15 is 0 Å². The number of amides is 1. The number of carbonyl (C=O) groups excluding carboxylic acids is 1. The number of hydrogen-bond donors (Lipinski definition) is 2. The molecule has 0 unspecified atom stereocenters. The van der Waals surface area contributed by atoms with Gasteiger partial charge >= 0.3 is 6.09 Å². The van der Waals surface area contributed by atoms with Gasteiger partial charge in [-0.25, -0.2) is 9.79 Å². The van der Waals surface area contributed by atoms with Crippen molar-refractivity contribution in [2.24, 2.45) is 4.99 Å². The summed E-state index contributed by atoms with van der Waals surface area (Å²) in [6.07, 6.45) is -0.254. The second-order valence-electron chi connectivity index (χ2n) is 6.50. The maximum Gasteiger partial charge on any atom is 0.410 e. The van der Waals surface area contributed by atoms with Gasteiger partial charge in [0.05, 0.1) is 12.6 Å². The summed E-state index contributed by atoms with van der Waals surface area (Å²) in [7, 11) is 0. The standard InChI is InChI=1S/C16H26N4O2S/c1-5-17-14(18-9-13-7-6-8-23-13)19-12-10-20(11-12)15(21)22-16(2,3)4/h6-8,12H,5,9-11H2,1-4H3,(H2,17,18,19). The Morgan fingerprint density at radius 3 is 2.78 bits per heavy atom. The van der Waals surface area contributed by atoms with Crippen LogP contribution in [0.4, 0.5) is 4.79 Å². The van der Waals surface area contributed by atoms with E-state index in [9.17, 15) is 4.79 Å². The fourth-order valence-corrected chi connectivity index (χ4v) is 2.75. The van der Waals surface area contributed by atoms with E-state index in [1.54, 1.807) is 16.2 Å². The molecule has 128 valence electrons. The van der Waals surface area contributed by atoms with Crippen molar-refractivity contribution in [3.63, 3.8) is 0 Å². The number of hydrogen-bond acceptors (Lipinski definition) is 4. The van der Waals surface area contributed by atoms with Gasteiger partial charge in [-0.3, -0.25) is 0 Å². The third-order valence-corrected chi connectivity index (χ3v) is 4.05. The highest BCUT2D eigenvalue weighted by molar-refractivity contribution is 7.09. The first-order chi connectivity index (χ1) is 10.9. The van der Waals surface area contributed by atoms with Gasteiger partial charge in [-0.15, -0.1) is 11.3 Å². The smallest absolute Gasteiger partial charge is 0.410 e. The van der Waals surface area contributed by atoms with Crippen molar-refractivity contribution in [2.75, 3.05) is 19.6 Å². The highest BCUT2D eigenvalue weighted by Gasteiger charge is 2.34. The van der Waals surface area contributed by atoms with Crippen molar-refractivity contribution in [1.82, 2.24) is 15.5 Å². The molecule has 0 saturated carbocycles. The molecule has 1 aliphatic heterocycles. The molecule has 0 aliphatic carbocycles. The summed E-state index contributed by atoms with van der Waals surface area (Å²) >= 11 is 1.70. The molecule has 7 heteroatoms. The van der Waals surface area contributed by atoms with Gasteiger partial charge in [0.1, 0.15) is 5.60 Å². The number of carbonyl (C=O) groups is 1. The minimum absolute atomic E-state index is 0.212. The molecule has 1 saturated heterocycles. The number of thiophene rings is 1. The van der Waals surface area contributed by atoms with E-state index in [0.29, 0.717) is 19.6 Å². The van der Waals surface area contributed by atoms with Gasteiger partial charge in [0.2, 0.25) is 0 Å². The molecule has 23 heavy (non-hydrogen) atoms. The van der Waals surface area contributed by atoms with E-state index in [-0.39, 0.29) is 12.1 Å². The summed E-state index contributed by atoms with van der Waals surface area (Å²) < 4.78 is 5.35. The van der Waals surface area contributed by atoms with Gasteiger partial charge in [-0.05, 0) is 39.1 Å². The van der Waals surface area contributed by atoms with Gasteiger partial charge in [0.15, 0.2) is 5.96 Å². The Morgan fingerprint density at radius 1 is 1.48 bits per heavy atom. The zero-order valence-corrected chi connectivity index (χ0v) is 15.1. The Morgan fingerprint density at radius 2 is 2.22 bits per heavy atom. The molecule has 2 heterocycles. The molecule has 2 rings (SSSR count). The molecular formula is C16H26N4O2S. The third kappa shape index (κ3) is 5.74. The summed E-state index contributed by atoms with van der Waals surface area (Å²) in [5.74, 6) is 0.787. The van der Waals surface area contributed by atoms with Crippen LogP contribution in [-0.2, 0) is 11.3 Å².